The molecule has 17 heavy (non-hydrogen) atoms. The molecule has 1 aliphatic heterocycles. The Balaban J connectivity index is 0.000000153. The molecule has 1 N–H and O–H groups in total. The Labute approximate surface area is 117 Å². The van der Waals surface area contributed by atoms with Crippen LogP contribution in [0.1, 0.15) is 0 Å². The van der Waals surface area contributed by atoms with E-state index in [4.69, 9.17) is 0 Å². The lowest BCUT2D eigenvalue weighted by molar-refractivity contribution is 0.588. The fourth-order valence-electron chi connectivity index (χ4n) is 1.43. The largest absolute Gasteiger partial charge is 0.346 e. The van der Waals surface area contributed by atoms with Crippen LogP contribution in [0.2, 0.25) is 0 Å². The number of piperazine rings is 1. The minimum Gasteiger partial charge on any atom is -0.346 e. The zero-order valence-electron chi connectivity index (χ0n) is 9.17. The van der Waals surface area contributed by atoms with Crippen molar-refractivity contribution in [3.8, 4) is 0 Å². The molecule has 0 amide bonds. The molecule has 0 unspecified atom stereocenters. The minimum absolute atomic E-state index is 0.947. The van der Waals surface area contributed by atoms with Gasteiger partial charge in [-0.3, -0.25) is 0 Å². The molecular formula is C10H13BrN4S2. The predicted molar refractivity (Wildman–Crippen MR) is 77.0 cm³/mol. The number of thiazole rings is 2. The Morgan fingerprint density at radius 3 is 2.29 bits per heavy atom. The van der Waals surface area contributed by atoms with Gasteiger partial charge in [0.25, 0.3) is 0 Å². The number of halogens is 1. The zero-order valence-corrected chi connectivity index (χ0v) is 12.4. The van der Waals surface area contributed by atoms with Crippen molar-refractivity contribution in [2.75, 3.05) is 31.1 Å². The van der Waals surface area contributed by atoms with E-state index in [0.29, 0.717) is 0 Å². The molecule has 0 spiro atoms. The van der Waals surface area contributed by atoms with Crippen molar-refractivity contribution in [2.24, 2.45) is 0 Å². The summed E-state index contributed by atoms with van der Waals surface area (Å²) in [6.45, 7) is 4.35. The van der Waals surface area contributed by atoms with Crippen molar-refractivity contribution < 1.29 is 0 Å². The maximum Gasteiger partial charge on any atom is 0.185 e. The van der Waals surface area contributed by atoms with Crippen LogP contribution in [0.15, 0.2) is 27.1 Å². The molecule has 1 fully saturated rings. The molecule has 1 aliphatic rings. The molecule has 0 aromatic carbocycles. The highest BCUT2D eigenvalue weighted by Gasteiger charge is 2.11. The molecular weight excluding hydrogens is 320 g/mol. The van der Waals surface area contributed by atoms with Gasteiger partial charge in [0.2, 0.25) is 0 Å². The molecule has 4 nitrogen and oxygen atoms in total. The smallest absolute Gasteiger partial charge is 0.185 e. The topological polar surface area (TPSA) is 41.1 Å². The van der Waals surface area contributed by atoms with Crippen molar-refractivity contribution in [3.05, 3.63) is 27.1 Å². The highest BCUT2D eigenvalue weighted by Crippen LogP contribution is 2.16. The molecule has 0 atom stereocenters. The highest BCUT2D eigenvalue weighted by molar-refractivity contribution is 9.11. The lowest BCUT2D eigenvalue weighted by Gasteiger charge is -2.26. The molecule has 0 saturated carbocycles. The number of nitrogens with zero attached hydrogens (tertiary/aromatic N) is 3. The first-order valence-electron chi connectivity index (χ1n) is 5.26. The molecule has 3 rings (SSSR count). The first kappa shape index (κ1) is 12.9. The summed E-state index contributed by atoms with van der Waals surface area (Å²) in [5.74, 6) is 0. The SMILES string of the molecule is Brc1nccs1.c1csc(N2CCNCC2)n1. The summed E-state index contributed by atoms with van der Waals surface area (Å²) in [4.78, 5) is 10.4. The maximum atomic E-state index is 4.26. The van der Waals surface area contributed by atoms with Gasteiger partial charge in [-0.1, -0.05) is 0 Å². The average Bonchev–Trinajstić information content (AvgIpc) is 3.03. The van der Waals surface area contributed by atoms with Crippen LogP contribution >= 0.6 is 38.6 Å². The Hall–Kier alpha value is -0.500. The van der Waals surface area contributed by atoms with Crippen LogP contribution in [0.3, 0.4) is 0 Å². The molecule has 92 valence electrons. The summed E-state index contributed by atoms with van der Waals surface area (Å²) in [6, 6.07) is 0. The number of aromatic nitrogens is 2. The van der Waals surface area contributed by atoms with Crippen molar-refractivity contribution in [2.45, 2.75) is 0 Å². The molecule has 0 bridgehead atoms. The van der Waals surface area contributed by atoms with Crippen molar-refractivity contribution in [1.82, 2.24) is 15.3 Å². The Morgan fingerprint density at radius 1 is 1.12 bits per heavy atom. The average molecular weight is 333 g/mol. The van der Waals surface area contributed by atoms with Gasteiger partial charge in [0.1, 0.15) is 0 Å². The van der Waals surface area contributed by atoms with Gasteiger partial charge >= 0.3 is 0 Å². The van der Waals surface area contributed by atoms with Gasteiger partial charge in [0.15, 0.2) is 9.05 Å². The summed E-state index contributed by atoms with van der Waals surface area (Å²) < 4.78 is 0.947. The third-order valence-electron chi connectivity index (χ3n) is 2.21. The summed E-state index contributed by atoms with van der Waals surface area (Å²) in [6.07, 6.45) is 3.62. The summed E-state index contributed by atoms with van der Waals surface area (Å²) in [5.41, 5.74) is 0. The van der Waals surface area contributed by atoms with Crippen LogP contribution in [0.5, 0.6) is 0 Å². The van der Waals surface area contributed by atoms with Gasteiger partial charge in [-0.15, -0.1) is 22.7 Å². The van der Waals surface area contributed by atoms with E-state index < -0.39 is 0 Å². The van der Waals surface area contributed by atoms with E-state index in [0.717, 1.165) is 35.2 Å². The fraction of sp³-hybridized carbons (Fsp3) is 0.400. The maximum absolute atomic E-state index is 4.26. The monoisotopic (exact) mass is 332 g/mol. The van der Waals surface area contributed by atoms with Gasteiger partial charge < -0.3 is 10.2 Å². The number of rotatable bonds is 1. The highest BCUT2D eigenvalue weighted by atomic mass is 79.9. The Bertz CT molecular complexity index is 398. The Kier molecular flexibility index (Phi) is 5.37. The van der Waals surface area contributed by atoms with Gasteiger partial charge in [-0.25, -0.2) is 9.97 Å². The van der Waals surface area contributed by atoms with Crippen molar-refractivity contribution in [3.63, 3.8) is 0 Å². The summed E-state index contributed by atoms with van der Waals surface area (Å²) in [5, 5.41) is 8.42. The Morgan fingerprint density at radius 2 is 1.82 bits per heavy atom. The van der Waals surface area contributed by atoms with Crippen molar-refractivity contribution >= 4 is 43.7 Å². The van der Waals surface area contributed by atoms with Crippen LogP contribution in [-0.4, -0.2) is 36.1 Å². The molecule has 0 aliphatic carbocycles. The first-order valence-corrected chi connectivity index (χ1v) is 7.81. The first-order chi connectivity index (χ1) is 8.36. The van der Waals surface area contributed by atoms with Crippen LogP contribution in [0.4, 0.5) is 5.13 Å². The molecule has 2 aromatic heterocycles. The molecule has 0 radical (unpaired) electrons. The van der Waals surface area contributed by atoms with Crippen LogP contribution in [-0.2, 0) is 0 Å². The van der Waals surface area contributed by atoms with E-state index in [-0.39, 0.29) is 0 Å². The van der Waals surface area contributed by atoms with E-state index in [1.165, 1.54) is 0 Å². The third kappa shape index (κ3) is 4.34. The third-order valence-corrected chi connectivity index (χ3v) is 4.36. The van der Waals surface area contributed by atoms with E-state index in [2.05, 4.69) is 36.1 Å². The summed E-state index contributed by atoms with van der Waals surface area (Å²) in [7, 11) is 0. The minimum atomic E-state index is 0.947. The second-order valence-corrected chi connectivity index (χ2v) is 6.38. The van der Waals surface area contributed by atoms with E-state index in [1.807, 2.05) is 17.0 Å². The lowest BCUT2D eigenvalue weighted by atomic mass is 10.4. The van der Waals surface area contributed by atoms with Crippen LogP contribution in [0, 0.1) is 0 Å². The van der Waals surface area contributed by atoms with E-state index in [1.54, 1.807) is 28.9 Å². The zero-order chi connectivity index (χ0) is 11.9. The van der Waals surface area contributed by atoms with Gasteiger partial charge in [-0.05, 0) is 15.9 Å². The van der Waals surface area contributed by atoms with Gasteiger partial charge in [-0.2, -0.15) is 0 Å². The van der Waals surface area contributed by atoms with Crippen molar-refractivity contribution in [1.29, 1.82) is 0 Å². The van der Waals surface area contributed by atoms with Gasteiger partial charge in [0, 0.05) is 49.3 Å². The summed E-state index contributed by atoms with van der Waals surface area (Å²) >= 11 is 6.49. The molecule has 7 heteroatoms. The van der Waals surface area contributed by atoms with Crippen LogP contribution in [0.25, 0.3) is 0 Å². The number of anilines is 1. The second-order valence-electron chi connectivity index (χ2n) is 3.34. The normalized spacial score (nSPS) is 15.2. The molecule has 1 saturated heterocycles. The number of hydrogen-bond acceptors (Lipinski definition) is 6. The quantitative estimate of drug-likeness (QED) is 0.870. The van der Waals surface area contributed by atoms with E-state index in [9.17, 15) is 0 Å². The number of hydrogen-bond donors (Lipinski definition) is 1. The molecule has 2 aromatic rings. The van der Waals surface area contributed by atoms with Gasteiger partial charge in [0.05, 0.1) is 0 Å². The second kappa shape index (κ2) is 7.05. The fourth-order valence-corrected chi connectivity index (χ4v) is 2.93. The standard InChI is InChI=1S/C7H11N3S.C3H2BrNS/c1-4-10(5-2-8-1)7-9-3-6-11-7;4-3-5-1-2-6-3/h3,6,8H,1-2,4-5H2;1-2H. The van der Waals surface area contributed by atoms with E-state index >= 15 is 0 Å². The predicted octanol–water partition coefficient (Wildman–Crippen LogP) is 2.46. The lowest BCUT2D eigenvalue weighted by Crippen LogP contribution is -2.43. The van der Waals surface area contributed by atoms with Crippen LogP contribution < -0.4 is 10.2 Å². The molecule has 3 heterocycles. The number of nitrogens with one attached hydrogen (secondary N) is 1.